The lowest BCUT2D eigenvalue weighted by atomic mass is 10.1. The first-order valence-electron chi connectivity index (χ1n) is 8.68. The van der Waals surface area contributed by atoms with Gasteiger partial charge in [0.1, 0.15) is 11.8 Å². The molecule has 138 valence electrons. The van der Waals surface area contributed by atoms with Crippen LogP contribution in [0, 0.1) is 6.92 Å². The average Bonchev–Trinajstić information content (AvgIpc) is 3.20. The van der Waals surface area contributed by atoms with Crippen molar-refractivity contribution in [3.05, 3.63) is 77.9 Å². The third-order valence-corrected chi connectivity index (χ3v) is 4.16. The highest BCUT2D eigenvalue weighted by Gasteiger charge is 2.18. The van der Waals surface area contributed by atoms with Gasteiger partial charge >= 0.3 is 0 Å². The highest BCUT2D eigenvalue weighted by atomic mass is 16.3. The van der Waals surface area contributed by atoms with E-state index in [-0.39, 0.29) is 18.4 Å². The van der Waals surface area contributed by atoms with Gasteiger partial charge in [0.05, 0.1) is 29.8 Å². The van der Waals surface area contributed by atoms with Gasteiger partial charge in [-0.15, -0.1) is 0 Å². The predicted molar refractivity (Wildman–Crippen MR) is 102 cm³/mol. The fourth-order valence-electron chi connectivity index (χ4n) is 2.65. The Labute approximate surface area is 157 Å². The van der Waals surface area contributed by atoms with Gasteiger partial charge < -0.3 is 15.1 Å². The standard InChI is InChI=1S/C21H21N3O3/c1-14-18(10-11-19(23-14)16-7-4-3-5-8-16)21(26)24-15(2)20(25)22-13-17-9-6-12-27-17/h3-12,15H,13H2,1-2H3,(H,22,25)(H,24,26). The molecule has 0 aliphatic rings. The number of carbonyl (C=O) groups excluding carboxylic acids is 2. The summed E-state index contributed by atoms with van der Waals surface area (Å²) in [6, 6.07) is 16.1. The molecule has 0 aliphatic carbocycles. The van der Waals surface area contributed by atoms with Crippen LogP contribution in [-0.4, -0.2) is 22.8 Å². The van der Waals surface area contributed by atoms with Crippen molar-refractivity contribution in [2.24, 2.45) is 0 Å². The van der Waals surface area contributed by atoms with Crippen LogP contribution >= 0.6 is 0 Å². The number of amides is 2. The first-order valence-corrected chi connectivity index (χ1v) is 8.68. The van der Waals surface area contributed by atoms with Crippen LogP contribution in [0.3, 0.4) is 0 Å². The molecule has 1 unspecified atom stereocenters. The SMILES string of the molecule is Cc1nc(-c2ccccc2)ccc1C(=O)NC(C)C(=O)NCc1ccco1. The van der Waals surface area contributed by atoms with E-state index >= 15 is 0 Å². The van der Waals surface area contributed by atoms with Gasteiger partial charge in [0.15, 0.2) is 0 Å². The number of aromatic nitrogens is 1. The summed E-state index contributed by atoms with van der Waals surface area (Å²) in [6.45, 7) is 3.69. The molecule has 27 heavy (non-hydrogen) atoms. The van der Waals surface area contributed by atoms with Gasteiger partial charge in [-0.25, -0.2) is 0 Å². The monoisotopic (exact) mass is 363 g/mol. The Morgan fingerprint density at radius 2 is 1.85 bits per heavy atom. The molecular formula is C21H21N3O3. The molecule has 0 bridgehead atoms. The van der Waals surface area contributed by atoms with Crippen molar-refractivity contribution >= 4 is 11.8 Å². The zero-order valence-electron chi connectivity index (χ0n) is 15.2. The molecule has 0 fully saturated rings. The predicted octanol–water partition coefficient (Wildman–Crippen LogP) is 3.08. The molecule has 3 aromatic rings. The first kappa shape index (κ1) is 18.4. The fourth-order valence-corrected chi connectivity index (χ4v) is 2.65. The molecule has 2 aromatic heterocycles. The molecule has 6 heteroatoms. The molecule has 0 saturated carbocycles. The lowest BCUT2D eigenvalue weighted by molar-refractivity contribution is -0.122. The van der Waals surface area contributed by atoms with E-state index in [4.69, 9.17) is 4.42 Å². The van der Waals surface area contributed by atoms with Crippen molar-refractivity contribution in [3.63, 3.8) is 0 Å². The van der Waals surface area contributed by atoms with Crippen molar-refractivity contribution in [1.82, 2.24) is 15.6 Å². The summed E-state index contributed by atoms with van der Waals surface area (Å²) in [5, 5.41) is 5.43. The molecule has 0 spiro atoms. The van der Waals surface area contributed by atoms with Crippen LogP contribution < -0.4 is 10.6 Å². The Morgan fingerprint density at radius 1 is 1.07 bits per heavy atom. The molecule has 0 saturated heterocycles. The Kier molecular flexibility index (Phi) is 5.66. The number of pyridine rings is 1. The van der Waals surface area contributed by atoms with E-state index in [1.165, 1.54) is 0 Å². The van der Waals surface area contributed by atoms with Crippen LogP contribution in [0.1, 0.15) is 28.7 Å². The van der Waals surface area contributed by atoms with Crippen LogP contribution in [-0.2, 0) is 11.3 Å². The average molecular weight is 363 g/mol. The number of benzene rings is 1. The molecular weight excluding hydrogens is 342 g/mol. The summed E-state index contributed by atoms with van der Waals surface area (Å²) in [4.78, 5) is 29.2. The third kappa shape index (κ3) is 4.61. The number of aryl methyl sites for hydroxylation is 1. The lowest BCUT2D eigenvalue weighted by Crippen LogP contribution is -2.44. The summed E-state index contributed by atoms with van der Waals surface area (Å²) in [5.74, 6) is 0.0324. The van der Waals surface area contributed by atoms with Crippen molar-refractivity contribution in [2.75, 3.05) is 0 Å². The van der Waals surface area contributed by atoms with Crippen LogP contribution in [0.15, 0.2) is 65.3 Å². The number of furan rings is 1. The second-order valence-corrected chi connectivity index (χ2v) is 6.19. The molecule has 0 aliphatic heterocycles. The normalized spacial score (nSPS) is 11.6. The fraction of sp³-hybridized carbons (Fsp3) is 0.190. The maximum absolute atomic E-state index is 12.5. The third-order valence-electron chi connectivity index (χ3n) is 4.16. The summed E-state index contributed by atoms with van der Waals surface area (Å²) >= 11 is 0. The molecule has 1 atom stereocenters. The number of hydrogen-bond donors (Lipinski definition) is 2. The van der Waals surface area contributed by atoms with E-state index in [1.54, 1.807) is 44.4 Å². The largest absolute Gasteiger partial charge is 0.467 e. The van der Waals surface area contributed by atoms with Crippen molar-refractivity contribution in [3.8, 4) is 11.3 Å². The van der Waals surface area contributed by atoms with Crippen LogP contribution in [0.4, 0.5) is 0 Å². The van der Waals surface area contributed by atoms with Gasteiger partial charge in [-0.2, -0.15) is 0 Å². The quantitative estimate of drug-likeness (QED) is 0.705. The van der Waals surface area contributed by atoms with Crippen molar-refractivity contribution in [2.45, 2.75) is 26.4 Å². The molecule has 2 heterocycles. The molecule has 0 radical (unpaired) electrons. The Hall–Kier alpha value is -3.41. The summed E-state index contributed by atoms with van der Waals surface area (Å²) < 4.78 is 5.17. The highest BCUT2D eigenvalue weighted by molar-refractivity contribution is 5.98. The van der Waals surface area contributed by atoms with Gasteiger partial charge in [-0.1, -0.05) is 30.3 Å². The molecule has 2 N–H and O–H groups in total. The summed E-state index contributed by atoms with van der Waals surface area (Å²) in [5.41, 5.74) is 2.84. The van der Waals surface area contributed by atoms with Crippen LogP contribution in [0.5, 0.6) is 0 Å². The van der Waals surface area contributed by atoms with E-state index in [2.05, 4.69) is 15.6 Å². The van der Waals surface area contributed by atoms with Crippen LogP contribution in [0.25, 0.3) is 11.3 Å². The van der Waals surface area contributed by atoms with E-state index in [0.29, 0.717) is 17.0 Å². The summed E-state index contributed by atoms with van der Waals surface area (Å²) in [6.07, 6.45) is 1.54. The molecule has 6 nitrogen and oxygen atoms in total. The Morgan fingerprint density at radius 3 is 2.52 bits per heavy atom. The Bertz CT molecular complexity index is 921. The smallest absolute Gasteiger partial charge is 0.253 e. The minimum Gasteiger partial charge on any atom is -0.467 e. The molecule has 2 amide bonds. The van der Waals surface area contributed by atoms with Crippen molar-refractivity contribution < 1.29 is 14.0 Å². The maximum atomic E-state index is 12.5. The molecule has 1 aromatic carbocycles. The topological polar surface area (TPSA) is 84.2 Å². The number of carbonyl (C=O) groups is 2. The zero-order valence-corrected chi connectivity index (χ0v) is 15.2. The first-order chi connectivity index (χ1) is 13.0. The van der Waals surface area contributed by atoms with Crippen molar-refractivity contribution in [1.29, 1.82) is 0 Å². The van der Waals surface area contributed by atoms with E-state index < -0.39 is 6.04 Å². The van der Waals surface area contributed by atoms with Crippen LogP contribution in [0.2, 0.25) is 0 Å². The van der Waals surface area contributed by atoms with Gasteiger partial charge in [0.2, 0.25) is 5.91 Å². The van der Waals surface area contributed by atoms with Gasteiger partial charge in [0, 0.05) is 5.56 Å². The Balaban J connectivity index is 1.62. The number of rotatable bonds is 6. The lowest BCUT2D eigenvalue weighted by Gasteiger charge is -2.15. The van der Waals surface area contributed by atoms with E-state index in [9.17, 15) is 9.59 Å². The molecule has 3 rings (SSSR count). The second-order valence-electron chi connectivity index (χ2n) is 6.19. The van der Waals surface area contributed by atoms with E-state index in [1.807, 2.05) is 30.3 Å². The number of nitrogens with one attached hydrogen (secondary N) is 2. The second kappa shape index (κ2) is 8.31. The zero-order chi connectivity index (χ0) is 19.2. The van der Waals surface area contributed by atoms with Gasteiger partial charge in [-0.3, -0.25) is 14.6 Å². The van der Waals surface area contributed by atoms with Gasteiger partial charge in [0.25, 0.3) is 5.91 Å². The minimum absolute atomic E-state index is 0.276. The van der Waals surface area contributed by atoms with Gasteiger partial charge in [-0.05, 0) is 38.1 Å². The highest BCUT2D eigenvalue weighted by Crippen LogP contribution is 2.18. The maximum Gasteiger partial charge on any atom is 0.253 e. The summed E-state index contributed by atoms with van der Waals surface area (Å²) in [7, 11) is 0. The number of nitrogens with zero attached hydrogens (tertiary/aromatic N) is 1. The van der Waals surface area contributed by atoms with E-state index in [0.717, 1.165) is 11.3 Å². The number of hydrogen-bond acceptors (Lipinski definition) is 4. The minimum atomic E-state index is -0.680.